The number of hydrogen-bond acceptors (Lipinski definition) is 6. The highest BCUT2D eigenvalue weighted by Crippen LogP contribution is 2.38. The first-order valence-corrected chi connectivity index (χ1v) is 10.3. The summed E-state index contributed by atoms with van der Waals surface area (Å²) in [6.45, 7) is 3.80. The summed E-state index contributed by atoms with van der Waals surface area (Å²) in [6, 6.07) is 9.14. The van der Waals surface area contributed by atoms with E-state index in [4.69, 9.17) is 4.52 Å². The fourth-order valence-corrected chi connectivity index (χ4v) is 4.03. The Morgan fingerprint density at radius 1 is 1.33 bits per heavy atom. The standard InChI is InChI=1S/C23H25N3O4/c1-3-21-24-23(25-30-21)18-6-7-19-15(10-18)4-5-16(19)11-20(28)17-8-9-26(13-14(2)27)22(29)12-17/h6-10,12,14,16,27H,3-5,11,13H2,1-2H3/t14-,16+/m1/s1. The van der Waals surface area contributed by atoms with Gasteiger partial charge in [0.15, 0.2) is 5.78 Å². The lowest BCUT2D eigenvalue weighted by Crippen LogP contribution is -2.25. The van der Waals surface area contributed by atoms with Crippen LogP contribution in [0, 0.1) is 0 Å². The first kappa shape index (κ1) is 20.2. The average molecular weight is 407 g/mol. The zero-order valence-corrected chi connectivity index (χ0v) is 17.2. The molecule has 1 aromatic carbocycles. The summed E-state index contributed by atoms with van der Waals surface area (Å²) in [7, 11) is 0. The van der Waals surface area contributed by atoms with Gasteiger partial charge in [-0.05, 0) is 48.9 Å². The number of ketones is 1. The maximum absolute atomic E-state index is 12.8. The smallest absolute Gasteiger partial charge is 0.251 e. The van der Waals surface area contributed by atoms with E-state index in [2.05, 4.69) is 22.3 Å². The molecule has 0 bridgehead atoms. The van der Waals surface area contributed by atoms with Crippen LogP contribution in [-0.2, 0) is 19.4 Å². The van der Waals surface area contributed by atoms with E-state index >= 15 is 0 Å². The number of fused-ring (bicyclic) bond motifs is 1. The molecule has 1 aliphatic carbocycles. The summed E-state index contributed by atoms with van der Waals surface area (Å²) in [4.78, 5) is 29.4. The second-order valence-electron chi connectivity index (χ2n) is 7.90. The van der Waals surface area contributed by atoms with Gasteiger partial charge in [-0.25, -0.2) is 0 Å². The van der Waals surface area contributed by atoms with Crippen molar-refractivity contribution in [1.82, 2.24) is 14.7 Å². The molecule has 0 amide bonds. The lowest BCUT2D eigenvalue weighted by Gasteiger charge is -2.12. The van der Waals surface area contributed by atoms with Crippen LogP contribution in [0.25, 0.3) is 11.4 Å². The monoisotopic (exact) mass is 407 g/mol. The van der Waals surface area contributed by atoms with Gasteiger partial charge in [-0.2, -0.15) is 4.98 Å². The number of nitrogens with zero attached hydrogens (tertiary/aromatic N) is 3. The molecule has 0 saturated heterocycles. The Morgan fingerprint density at radius 3 is 2.87 bits per heavy atom. The third kappa shape index (κ3) is 4.11. The Bertz CT molecular complexity index is 1130. The average Bonchev–Trinajstić information content (AvgIpc) is 3.36. The van der Waals surface area contributed by atoms with Crippen LogP contribution in [0.15, 0.2) is 45.8 Å². The number of aliphatic hydroxyl groups is 1. The molecular formula is C23H25N3O4. The largest absolute Gasteiger partial charge is 0.392 e. The summed E-state index contributed by atoms with van der Waals surface area (Å²) >= 11 is 0. The van der Waals surface area contributed by atoms with Crippen LogP contribution in [0.4, 0.5) is 0 Å². The Kier molecular flexibility index (Phi) is 5.63. The molecule has 2 atom stereocenters. The maximum atomic E-state index is 12.8. The lowest BCUT2D eigenvalue weighted by molar-refractivity contribution is 0.0973. The van der Waals surface area contributed by atoms with Gasteiger partial charge in [-0.1, -0.05) is 24.2 Å². The number of carbonyl (C=O) groups is 1. The van der Waals surface area contributed by atoms with E-state index in [1.807, 2.05) is 13.0 Å². The van der Waals surface area contributed by atoms with E-state index in [1.54, 1.807) is 19.2 Å². The molecular weight excluding hydrogens is 382 g/mol. The Labute approximate surface area is 174 Å². The molecule has 2 aromatic heterocycles. The fraction of sp³-hybridized carbons (Fsp3) is 0.391. The van der Waals surface area contributed by atoms with E-state index < -0.39 is 6.10 Å². The molecule has 0 saturated carbocycles. The lowest BCUT2D eigenvalue weighted by atomic mass is 9.93. The molecule has 30 heavy (non-hydrogen) atoms. The number of aromatic nitrogens is 3. The SMILES string of the molecule is CCc1nc(-c2ccc3c(c2)CC[C@H]3CC(=O)c2ccn(C[C@@H](C)O)c(=O)c2)no1. The summed E-state index contributed by atoms with van der Waals surface area (Å²) in [5.41, 5.74) is 3.45. The number of Topliss-reactive ketones (excluding diaryl/α,β-unsaturated/α-hetero) is 1. The predicted octanol–water partition coefficient (Wildman–Crippen LogP) is 3.14. The summed E-state index contributed by atoms with van der Waals surface area (Å²) in [6.07, 6.45) is 3.82. The van der Waals surface area contributed by atoms with Gasteiger partial charge < -0.3 is 14.2 Å². The number of carbonyl (C=O) groups excluding carboxylic acids is 1. The van der Waals surface area contributed by atoms with Crippen molar-refractivity contribution in [1.29, 1.82) is 0 Å². The van der Waals surface area contributed by atoms with Crippen LogP contribution < -0.4 is 5.56 Å². The van der Waals surface area contributed by atoms with Gasteiger partial charge in [0.05, 0.1) is 12.6 Å². The van der Waals surface area contributed by atoms with E-state index in [9.17, 15) is 14.7 Å². The highest BCUT2D eigenvalue weighted by atomic mass is 16.5. The molecule has 0 fully saturated rings. The zero-order chi connectivity index (χ0) is 21.3. The van der Waals surface area contributed by atoms with E-state index in [1.165, 1.54) is 21.8 Å². The van der Waals surface area contributed by atoms with E-state index in [-0.39, 0.29) is 23.8 Å². The van der Waals surface area contributed by atoms with Crippen molar-refractivity contribution in [3.05, 3.63) is 69.5 Å². The van der Waals surface area contributed by atoms with E-state index in [0.717, 1.165) is 18.4 Å². The van der Waals surface area contributed by atoms with Gasteiger partial charge in [0.1, 0.15) is 0 Å². The van der Waals surface area contributed by atoms with Crippen molar-refractivity contribution in [2.45, 2.75) is 58.1 Å². The van der Waals surface area contributed by atoms with Gasteiger partial charge in [-0.3, -0.25) is 9.59 Å². The minimum atomic E-state index is -0.620. The van der Waals surface area contributed by atoms with Crippen molar-refractivity contribution >= 4 is 5.78 Å². The quantitative estimate of drug-likeness (QED) is 0.604. The van der Waals surface area contributed by atoms with Crippen LogP contribution in [0.3, 0.4) is 0 Å². The fourth-order valence-electron chi connectivity index (χ4n) is 4.03. The predicted molar refractivity (Wildman–Crippen MR) is 112 cm³/mol. The van der Waals surface area contributed by atoms with Gasteiger partial charge in [0.2, 0.25) is 11.7 Å². The van der Waals surface area contributed by atoms with Crippen LogP contribution in [0.1, 0.15) is 60.0 Å². The second kappa shape index (κ2) is 8.36. The zero-order valence-electron chi connectivity index (χ0n) is 17.2. The number of benzene rings is 1. The normalized spacial score (nSPS) is 16.4. The van der Waals surface area contributed by atoms with Crippen molar-refractivity contribution < 1.29 is 14.4 Å². The van der Waals surface area contributed by atoms with Gasteiger partial charge >= 0.3 is 0 Å². The molecule has 2 heterocycles. The van der Waals surface area contributed by atoms with Gasteiger partial charge in [0.25, 0.3) is 5.56 Å². The van der Waals surface area contributed by atoms with Crippen molar-refractivity contribution in [2.24, 2.45) is 0 Å². The molecule has 0 radical (unpaired) electrons. The molecule has 7 nitrogen and oxygen atoms in total. The molecule has 4 rings (SSSR count). The summed E-state index contributed by atoms with van der Waals surface area (Å²) in [5, 5.41) is 13.5. The number of aryl methyl sites for hydroxylation is 2. The molecule has 1 aliphatic rings. The number of rotatable bonds is 7. The Morgan fingerprint density at radius 2 is 2.17 bits per heavy atom. The molecule has 0 unspecified atom stereocenters. The molecule has 7 heteroatoms. The minimum absolute atomic E-state index is 0.0380. The molecule has 0 aliphatic heterocycles. The maximum Gasteiger partial charge on any atom is 0.251 e. The summed E-state index contributed by atoms with van der Waals surface area (Å²) < 4.78 is 6.62. The number of hydrogen-bond donors (Lipinski definition) is 1. The molecule has 0 spiro atoms. The van der Waals surface area contributed by atoms with Crippen LogP contribution in [0.2, 0.25) is 0 Å². The first-order chi connectivity index (χ1) is 14.4. The highest BCUT2D eigenvalue weighted by molar-refractivity contribution is 5.96. The second-order valence-corrected chi connectivity index (χ2v) is 7.90. The Balaban J connectivity index is 1.49. The highest BCUT2D eigenvalue weighted by Gasteiger charge is 2.26. The third-order valence-corrected chi connectivity index (χ3v) is 5.58. The van der Waals surface area contributed by atoms with Gasteiger partial charge in [-0.15, -0.1) is 0 Å². The van der Waals surface area contributed by atoms with Crippen molar-refractivity contribution in [3.63, 3.8) is 0 Å². The summed E-state index contributed by atoms with van der Waals surface area (Å²) in [5.74, 6) is 1.30. The number of pyridine rings is 1. The van der Waals surface area contributed by atoms with Crippen molar-refractivity contribution in [2.75, 3.05) is 0 Å². The molecule has 156 valence electrons. The Hall–Kier alpha value is -3.06. The minimum Gasteiger partial charge on any atom is -0.392 e. The van der Waals surface area contributed by atoms with Crippen LogP contribution in [0.5, 0.6) is 0 Å². The topological polar surface area (TPSA) is 98.2 Å². The third-order valence-electron chi connectivity index (χ3n) is 5.58. The first-order valence-electron chi connectivity index (χ1n) is 10.3. The van der Waals surface area contributed by atoms with E-state index in [0.29, 0.717) is 30.1 Å². The van der Waals surface area contributed by atoms with Crippen LogP contribution in [-0.4, -0.2) is 31.7 Å². The molecule has 1 N–H and O–H groups in total. The van der Waals surface area contributed by atoms with Gasteiger partial charge in [0, 0.05) is 36.2 Å². The number of aliphatic hydroxyl groups excluding tert-OH is 1. The van der Waals surface area contributed by atoms with Crippen LogP contribution >= 0.6 is 0 Å². The van der Waals surface area contributed by atoms with Crippen molar-refractivity contribution in [3.8, 4) is 11.4 Å². The molecule has 3 aromatic rings.